The molecule has 88 valence electrons. The van der Waals surface area contributed by atoms with Gasteiger partial charge in [-0.25, -0.2) is 4.79 Å². The van der Waals surface area contributed by atoms with E-state index in [2.05, 4.69) is 0 Å². The van der Waals surface area contributed by atoms with Gasteiger partial charge in [-0.3, -0.25) is 0 Å². The second kappa shape index (κ2) is 6.67. The van der Waals surface area contributed by atoms with Crippen LogP contribution in [0, 0.1) is 0 Å². The molecular formula is C11H23N3O. The molecule has 1 aliphatic heterocycles. The number of nitrogens with two attached hydrogens (primary N) is 1. The van der Waals surface area contributed by atoms with Crippen molar-refractivity contribution < 1.29 is 4.79 Å². The number of rotatable bonds is 3. The Balaban J connectivity index is 2.47. The van der Waals surface area contributed by atoms with E-state index in [9.17, 15) is 4.79 Å². The van der Waals surface area contributed by atoms with Gasteiger partial charge in [0.25, 0.3) is 0 Å². The monoisotopic (exact) mass is 213 g/mol. The van der Waals surface area contributed by atoms with Crippen LogP contribution in [0.3, 0.4) is 0 Å². The number of carbonyl (C=O) groups is 1. The highest BCUT2D eigenvalue weighted by molar-refractivity contribution is 5.74. The Morgan fingerprint density at radius 3 is 2.33 bits per heavy atom. The number of amides is 2. The SMILES string of the molecule is CCN(CCN)C(=O)N1CCCCCC1. The average Bonchev–Trinajstić information content (AvgIpc) is 2.53. The molecule has 0 aromatic carbocycles. The molecule has 4 heteroatoms. The van der Waals surface area contributed by atoms with Crippen molar-refractivity contribution in [2.45, 2.75) is 32.6 Å². The molecule has 1 rings (SSSR count). The molecular weight excluding hydrogens is 190 g/mol. The summed E-state index contributed by atoms with van der Waals surface area (Å²) in [5.41, 5.74) is 5.49. The van der Waals surface area contributed by atoms with E-state index in [0.29, 0.717) is 13.1 Å². The van der Waals surface area contributed by atoms with Crippen molar-refractivity contribution in [1.29, 1.82) is 0 Å². The number of likely N-dealkylation sites (N-methyl/N-ethyl adjacent to an activating group) is 1. The van der Waals surface area contributed by atoms with Crippen LogP contribution in [0.25, 0.3) is 0 Å². The van der Waals surface area contributed by atoms with Gasteiger partial charge < -0.3 is 15.5 Å². The number of urea groups is 1. The summed E-state index contributed by atoms with van der Waals surface area (Å²) in [6, 6.07) is 0.171. The number of nitrogens with zero attached hydrogens (tertiary/aromatic N) is 2. The first-order valence-corrected chi connectivity index (χ1v) is 6.03. The van der Waals surface area contributed by atoms with Gasteiger partial charge in [-0.2, -0.15) is 0 Å². The molecule has 2 amide bonds. The molecule has 2 N–H and O–H groups in total. The molecule has 1 fully saturated rings. The van der Waals surface area contributed by atoms with E-state index in [0.717, 1.165) is 32.5 Å². The molecule has 0 aromatic rings. The fraction of sp³-hybridized carbons (Fsp3) is 0.909. The number of carbonyl (C=O) groups excluding carboxylic acids is 1. The minimum absolute atomic E-state index is 0.171. The van der Waals surface area contributed by atoms with E-state index < -0.39 is 0 Å². The van der Waals surface area contributed by atoms with E-state index >= 15 is 0 Å². The molecule has 0 saturated carbocycles. The molecule has 0 aliphatic carbocycles. The van der Waals surface area contributed by atoms with Gasteiger partial charge in [-0.15, -0.1) is 0 Å². The van der Waals surface area contributed by atoms with E-state index in [1.165, 1.54) is 12.8 Å². The summed E-state index contributed by atoms with van der Waals surface area (Å²) >= 11 is 0. The van der Waals surface area contributed by atoms with Crippen LogP contribution >= 0.6 is 0 Å². The second-order valence-corrected chi connectivity index (χ2v) is 4.05. The molecule has 1 heterocycles. The van der Waals surface area contributed by atoms with Gasteiger partial charge >= 0.3 is 6.03 Å². The summed E-state index contributed by atoms with van der Waals surface area (Å²) in [5.74, 6) is 0. The van der Waals surface area contributed by atoms with Gasteiger partial charge in [0, 0.05) is 32.7 Å². The zero-order chi connectivity index (χ0) is 11.1. The maximum absolute atomic E-state index is 12.1. The number of hydrogen-bond acceptors (Lipinski definition) is 2. The van der Waals surface area contributed by atoms with Crippen LogP contribution in [0.1, 0.15) is 32.6 Å². The lowest BCUT2D eigenvalue weighted by Gasteiger charge is -2.28. The molecule has 0 aromatic heterocycles. The van der Waals surface area contributed by atoms with Gasteiger partial charge in [-0.1, -0.05) is 12.8 Å². The summed E-state index contributed by atoms with van der Waals surface area (Å²) in [4.78, 5) is 15.9. The lowest BCUT2D eigenvalue weighted by Crippen LogP contribution is -2.45. The van der Waals surface area contributed by atoms with Crippen LogP contribution in [-0.2, 0) is 0 Å². The minimum Gasteiger partial charge on any atom is -0.329 e. The molecule has 0 atom stereocenters. The summed E-state index contributed by atoms with van der Waals surface area (Å²) in [7, 11) is 0. The van der Waals surface area contributed by atoms with Crippen molar-refractivity contribution in [1.82, 2.24) is 9.80 Å². The zero-order valence-electron chi connectivity index (χ0n) is 9.74. The van der Waals surface area contributed by atoms with Gasteiger partial charge in [0.15, 0.2) is 0 Å². The van der Waals surface area contributed by atoms with E-state index in [1.807, 2.05) is 16.7 Å². The third-order valence-electron chi connectivity index (χ3n) is 2.93. The van der Waals surface area contributed by atoms with Crippen LogP contribution in [0.2, 0.25) is 0 Å². The maximum atomic E-state index is 12.1. The molecule has 1 saturated heterocycles. The Morgan fingerprint density at radius 1 is 1.27 bits per heavy atom. The average molecular weight is 213 g/mol. The molecule has 0 spiro atoms. The molecule has 4 nitrogen and oxygen atoms in total. The lowest BCUT2D eigenvalue weighted by atomic mass is 10.2. The zero-order valence-corrected chi connectivity index (χ0v) is 9.74. The Kier molecular flexibility index (Phi) is 5.47. The van der Waals surface area contributed by atoms with Crippen molar-refractivity contribution in [2.75, 3.05) is 32.7 Å². The minimum atomic E-state index is 0.171. The van der Waals surface area contributed by atoms with Crippen molar-refractivity contribution in [3.05, 3.63) is 0 Å². The first kappa shape index (κ1) is 12.3. The van der Waals surface area contributed by atoms with Crippen molar-refractivity contribution in [3.63, 3.8) is 0 Å². The van der Waals surface area contributed by atoms with E-state index in [-0.39, 0.29) is 6.03 Å². The predicted molar refractivity (Wildman–Crippen MR) is 61.7 cm³/mol. The predicted octanol–water partition coefficient (Wildman–Crippen LogP) is 1.26. The standard InChI is InChI=1S/C11H23N3O/c1-2-13(10-7-12)11(15)14-8-5-3-4-6-9-14/h2-10,12H2,1H3. The summed E-state index contributed by atoms with van der Waals surface area (Å²) in [6.07, 6.45) is 4.80. The highest BCUT2D eigenvalue weighted by atomic mass is 16.2. The Morgan fingerprint density at radius 2 is 1.87 bits per heavy atom. The summed E-state index contributed by atoms with van der Waals surface area (Å²) in [5, 5.41) is 0. The quantitative estimate of drug-likeness (QED) is 0.767. The van der Waals surface area contributed by atoms with Crippen molar-refractivity contribution in [2.24, 2.45) is 5.73 Å². The largest absolute Gasteiger partial charge is 0.329 e. The summed E-state index contributed by atoms with van der Waals surface area (Å²) < 4.78 is 0. The van der Waals surface area contributed by atoms with E-state index in [1.54, 1.807) is 0 Å². The van der Waals surface area contributed by atoms with Gasteiger partial charge in [0.05, 0.1) is 0 Å². The molecule has 0 unspecified atom stereocenters. The van der Waals surface area contributed by atoms with Crippen LogP contribution in [0.15, 0.2) is 0 Å². The third-order valence-corrected chi connectivity index (χ3v) is 2.93. The highest BCUT2D eigenvalue weighted by Crippen LogP contribution is 2.11. The molecule has 0 radical (unpaired) electrons. The number of likely N-dealkylation sites (tertiary alicyclic amines) is 1. The summed E-state index contributed by atoms with van der Waals surface area (Å²) in [6.45, 7) is 5.82. The maximum Gasteiger partial charge on any atom is 0.320 e. The Bertz CT molecular complexity index is 188. The molecule has 1 aliphatic rings. The second-order valence-electron chi connectivity index (χ2n) is 4.05. The van der Waals surface area contributed by atoms with Crippen molar-refractivity contribution >= 4 is 6.03 Å². The molecule has 15 heavy (non-hydrogen) atoms. The normalized spacial score (nSPS) is 17.3. The van der Waals surface area contributed by atoms with Gasteiger partial charge in [0.2, 0.25) is 0 Å². The third kappa shape index (κ3) is 3.70. The lowest BCUT2D eigenvalue weighted by molar-refractivity contribution is 0.158. The van der Waals surface area contributed by atoms with Crippen LogP contribution < -0.4 is 5.73 Å². The molecule has 0 bridgehead atoms. The van der Waals surface area contributed by atoms with Crippen LogP contribution in [0.5, 0.6) is 0 Å². The fourth-order valence-corrected chi connectivity index (χ4v) is 2.01. The topological polar surface area (TPSA) is 49.6 Å². The highest BCUT2D eigenvalue weighted by Gasteiger charge is 2.19. The first-order chi connectivity index (χ1) is 7.29. The van der Waals surface area contributed by atoms with Gasteiger partial charge in [-0.05, 0) is 19.8 Å². The fourth-order valence-electron chi connectivity index (χ4n) is 2.01. The van der Waals surface area contributed by atoms with Crippen molar-refractivity contribution in [3.8, 4) is 0 Å². The Labute approximate surface area is 92.4 Å². The van der Waals surface area contributed by atoms with Gasteiger partial charge in [0.1, 0.15) is 0 Å². The van der Waals surface area contributed by atoms with E-state index in [4.69, 9.17) is 5.73 Å². The van der Waals surface area contributed by atoms with Crippen LogP contribution in [-0.4, -0.2) is 48.6 Å². The number of hydrogen-bond donors (Lipinski definition) is 1. The Hall–Kier alpha value is -0.770. The first-order valence-electron chi connectivity index (χ1n) is 6.03. The smallest absolute Gasteiger partial charge is 0.320 e. The van der Waals surface area contributed by atoms with Crippen LogP contribution in [0.4, 0.5) is 4.79 Å².